The highest BCUT2D eigenvalue weighted by molar-refractivity contribution is 9.10. The van der Waals surface area contributed by atoms with Gasteiger partial charge < -0.3 is 19.5 Å². The Balaban J connectivity index is 1.84. The van der Waals surface area contributed by atoms with Gasteiger partial charge in [0.1, 0.15) is 22.5 Å². The summed E-state index contributed by atoms with van der Waals surface area (Å²) < 4.78 is 9.67. The van der Waals surface area contributed by atoms with Gasteiger partial charge in [0.05, 0.1) is 18.4 Å². The van der Waals surface area contributed by atoms with Crippen molar-refractivity contribution in [3.8, 4) is 17.1 Å². The SMILES string of the molecule is COc1cc(C(=O)O)cn2nc(-c3cc4ccc(Br)cc4n3CC3CC3)c(C(=O)O)c12. The summed E-state index contributed by atoms with van der Waals surface area (Å²) >= 11 is 3.52. The number of halogens is 1. The number of fused-ring (bicyclic) bond motifs is 2. The molecule has 1 aromatic carbocycles. The average molecular weight is 484 g/mol. The van der Waals surface area contributed by atoms with Crippen molar-refractivity contribution in [1.29, 1.82) is 0 Å². The minimum Gasteiger partial charge on any atom is -0.494 e. The van der Waals surface area contributed by atoms with E-state index in [2.05, 4.69) is 25.6 Å². The van der Waals surface area contributed by atoms with Gasteiger partial charge in [-0.2, -0.15) is 5.10 Å². The van der Waals surface area contributed by atoms with Crippen molar-refractivity contribution in [1.82, 2.24) is 14.2 Å². The maximum Gasteiger partial charge on any atom is 0.340 e. The molecule has 5 rings (SSSR count). The molecule has 0 unspecified atom stereocenters. The van der Waals surface area contributed by atoms with Crippen molar-refractivity contribution in [2.75, 3.05) is 7.11 Å². The zero-order valence-electron chi connectivity index (χ0n) is 16.5. The summed E-state index contributed by atoms with van der Waals surface area (Å²) in [6.45, 7) is 0.764. The van der Waals surface area contributed by atoms with Crippen LogP contribution in [0.3, 0.4) is 0 Å². The summed E-state index contributed by atoms with van der Waals surface area (Å²) in [7, 11) is 1.38. The van der Waals surface area contributed by atoms with Gasteiger partial charge in [0.2, 0.25) is 0 Å². The van der Waals surface area contributed by atoms with E-state index in [0.29, 0.717) is 11.6 Å². The van der Waals surface area contributed by atoms with Crippen LogP contribution in [-0.4, -0.2) is 43.4 Å². The molecule has 1 aliphatic rings. The number of hydrogen-bond acceptors (Lipinski definition) is 4. The molecule has 0 radical (unpaired) electrons. The molecule has 0 amide bonds. The van der Waals surface area contributed by atoms with Crippen LogP contribution >= 0.6 is 15.9 Å². The first-order valence-corrected chi connectivity index (χ1v) is 10.5. The van der Waals surface area contributed by atoms with E-state index in [0.717, 1.165) is 34.8 Å². The van der Waals surface area contributed by atoms with E-state index in [-0.39, 0.29) is 28.1 Å². The van der Waals surface area contributed by atoms with Crippen LogP contribution in [0.1, 0.15) is 33.6 Å². The molecular formula is C22H18BrN3O5. The van der Waals surface area contributed by atoms with Gasteiger partial charge >= 0.3 is 11.9 Å². The number of hydrogen-bond donors (Lipinski definition) is 2. The molecule has 158 valence electrons. The molecular weight excluding hydrogens is 466 g/mol. The van der Waals surface area contributed by atoms with E-state index >= 15 is 0 Å². The lowest BCUT2D eigenvalue weighted by atomic mass is 10.1. The van der Waals surface area contributed by atoms with Crippen LogP contribution in [0.25, 0.3) is 27.8 Å². The number of pyridine rings is 1. The molecule has 31 heavy (non-hydrogen) atoms. The molecule has 8 nitrogen and oxygen atoms in total. The molecule has 0 spiro atoms. The highest BCUT2D eigenvalue weighted by atomic mass is 79.9. The van der Waals surface area contributed by atoms with Crippen molar-refractivity contribution in [2.24, 2.45) is 5.92 Å². The fraction of sp³-hybridized carbons (Fsp3) is 0.227. The van der Waals surface area contributed by atoms with Gasteiger partial charge in [-0.05, 0) is 43.0 Å². The molecule has 1 saturated carbocycles. The molecule has 1 fully saturated rings. The first-order valence-electron chi connectivity index (χ1n) is 9.73. The topological polar surface area (TPSA) is 106 Å². The lowest BCUT2D eigenvalue weighted by Crippen LogP contribution is -2.05. The van der Waals surface area contributed by atoms with Crippen molar-refractivity contribution in [3.05, 3.63) is 52.1 Å². The van der Waals surface area contributed by atoms with Crippen molar-refractivity contribution in [2.45, 2.75) is 19.4 Å². The van der Waals surface area contributed by atoms with Crippen molar-refractivity contribution >= 4 is 44.3 Å². The molecule has 3 heterocycles. The number of nitrogens with zero attached hydrogens (tertiary/aromatic N) is 3. The monoisotopic (exact) mass is 483 g/mol. The number of carboxylic acids is 2. The minimum atomic E-state index is -1.16. The number of carboxylic acid groups (broad SMARTS) is 2. The molecule has 0 aliphatic heterocycles. The Hall–Kier alpha value is -3.33. The number of rotatable bonds is 6. The van der Waals surface area contributed by atoms with E-state index in [9.17, 15) is 19.8 Å². The first kappa shape index (κ1) is 19.6. The first-order chi connectivity index (χ1) is 14.9. The van der Waals surface area contributed by atoms with Gasteiger partial charge in [0.25, 0.3) is 0 Å². The predicted octanol–water partition coefficient (Wildman–Crippen LogP) is 4.53. The van der Waals surface area contributed by atoms with Crippen LogP contribution in [0.4, 0.5) is 0 Å². The second kappa shape index (κ2) is 7.12. The van der Waals surface area contributed by atoms with Gasteiger partial charge in [-0.3, -0.25) is 0 Å². The summed E-state index contributed by atoms with van der Waals surface area (Å²) in [6, 6.07) is 9.18. The number of methoxy groups -OCH3 is 1. The molecule has 4 aromatic rings. The van der Waals surface area contributed by atoms with Gasteiger partial charge in [-0.1, -0.05) is 22.0 Å². The molecule has 2 N–H and O–H groups in total. The third-order valence-electron chi connectivity index (χ3n) is 5.62. The van der Waals surface area contributed by atoms with Crippen LogP contribution in [0.5, 0.6) is 5.75 Å². The van der Waals surface area contributed by atoms with E-state index in [4.69, 9.17) is 4.74 Å². The Morgan fingerprint density at radius 1 is 1.19 bits per heavy atom. The van der Waals surface area contributed by atoms with Crippen LogP contribution < -0.4 is 4.74 Å². The number of ether oxygens (including phenoxy) is 1. The molecule has 3 aromatic heterocycles. The highest BCUT2D eigenvalue weighted by Gasteiger charge is 2.29. The largest absolute Gasteiger partial charge is 0.494 e. The lowest BCUT2D eigenvalue weighted by molar-refractivity contribution is 0.0688. The maximum atomic E-state index is 12.3. The smallest absolute Gasteiger partial charge is 0.340 e. The zero-order chi connectivity index (χ0) is 21.9. The Kier molecular flexibility index (Phi) is 4.51. The summed E-state index contributed by atoms with van der Waals surface area (Å²) in [4.78, 5) is 23.8. The highest BCUT2D eigenvalue weighted by Crippen LogP contribution is 2.39. The molecule has 0 bridgehead atoms. The Bertz CT molecular complexity index is 1380. The normalized spacial score (nSPS) is 13.7. The molecule has 0 saturated heterocycles. The number of benzene rings is 1. The van der Waals surface area contributed by atoms with Crippen LogP contribution in [0.15, 0.2) is 41.0 Å². The van der Waals surface area contributed by atoms with Crippen molar-refractivity contribution in [3.63, 3.8) is 0 Å². The van der Waals surface area contributed by atoms with Gasteiger partial charge in [0.15, 0.2) is 0 Å². The van der Waals surface area contributed by atoms with Gasteiger partial charge in [-0.15, -0.1) is 0 Å². The Morgan fingerprint density at radius 2 is 1.97 bits per heavy atom. The number of aromatic carboxylic acids is 2. The zero-order valence-corrected chi connectivity index (χ0v) is 18.1. The fourth-order valence-electron chi connectivity index (χ4n) is 3.98. The van der Waals surface area contributed by atoms with Crippen molar-refractivity contribution < 1.29 is 24.5 Å². The second-order valence-electron chi connectivity index (χ2n) is 7.71. The van der Waals surface area contributed by atoms with Crippen LogP contribution in [-0.2, 0) is 6.54 Å². The summed E-state index contributed by atoms with van der Waals surface area (Å²) in [5.74, 6) is -1.62. The van der Waals surface area contributed by atoms with E-state index in [1.807, 2.05) is 24.3 Å². The second-order valence-corrected chi connectivity index (χ2v) is 8.63. The number of carbonyl (C=O) groups is 2. The van der Waals surface area contributed by atoms with Crippen LogP contribution in [0.2, 0.25) is 0 Å². The Labute approximate surface area is 184 Å². The average Bonchev–Trinajstić information content (AvgIpc) is 3.36. The van der Waals surface area contributed by atoms with E-state index < -0.39 is 11.9 Å². The third kappa shape index (κ3) is 3.25. The Morgan fingerprint density at radius 3 is 2.61 bits per heavy atom. The van der Waals surface area contributed by atoms with Gasteiger partial charge in [0, 0.05) is 28.1 Å². The minimum absolute atomic E-state index is 0.0206. The van der Waals surface area contributed by atoms with E-state index in [1.165, 1.54) is 23.9 Å². The summed E-state index contributed by atoms with van der Waals surface area (Å²) in [5.41, 5.74) is 2.11. The van der Waals surface area contributed by atoms with Gasteiger partial charge in [-0.25, -0.2) is 14.1 Å². The fourth-order valence-corrected chi connectivity index (χ4v) is 4.33. The maximum absolute atomic E-state index is 12.3. The summed E-state index contributed by atoms with van der Waals surface area (Å²) in [5, 5.41) is 25.0. The van der Waals surface area contributed by atoms with E-state index in [1.54, 1.807) is 0 Å². The predicted molar refractivity (Wildman–Crippen MR) is 117 cm³/mol. The molecule has 1 aliphatic carbocycles. The lowest BCUT2D eigenvalue weighted by Gasteiger charge is -2.09. The molecule has 9 heteroatoms. The molecule has 0 atom stereocenters. The number of aromatic nitrogens is 3. The van der Waals surface area contributed by atoms with Crippen LogP contribution in [0, 0.1) is 5.92 Å². The summed E-state index contributed by atoms with van der Waals surface area (Å²) in [6.07, 6.45) is 3.58. The standard InChI is InChI=1S/C22H18BrN3O5/c1-31-17-7-13(21(27)28)10-26-20(17)18(22(29)30)19(24-26)16-6-12-4-5-14(23)8-15(12)25(16)9-11-2-3-11/h4-8,10-11H,2-3,9H2,1H3,(H,27,28)(H,29,30). The third-order valence-corrected chi connectivity index (χ3v) is 6.11. The quantitative estimate of drug-likeness (QED) is 0.417.